The first-order valence-corrected chi connectivity index (χ1v) is 7.94. The summed E-state index contributed by atoms with van der Waals surface area (Å²) in [6, 6.07) is 0. The maximum Gasteiger partial charge on any atom is 0.226 e. The molecular weight excluding hydrogens is 325 g/mol. The number of amides is 1. The third-order valence-electron chi connectivity index (χ3n) is 4.47. The molecule has 2 heterocycles. The maximum absolute atomic E-state index is 12.2. The first kappa shape index (κ1) is 21.9. The van der Waals surface area contributed by atoms with Gasteiger partial charge in [0.1, 0.15) is 0 Å². The molecule has 132 valence electrons. The SMILES string of the molecule is CNCC(C)C(=O)N1CCN(CC2CCOCC2)CC1.Cl.Cl. The zero-order chi connectivity index (χ0) is 14.4. The molecule has 0 aromatic heterocycles. The number of ether oxygens (including phenoxy) is 1. The summed E-state index contributed by atoms with van der Waals surface area (Å²) in [5.74, 6) is 1.17. The van der Waals surface area contributed by atoms with E-state index in [-0.39, 0.29) is 30.7 Å². The number of hydrogen-bond acceptors (Lipinski definition) is 4. The van der Waals surface area contributed by atoms with E-state index in [4.69, 9.17) is 4.74 Å². The molecule has 2 aliphatic heterocycles. The predicted molar refractivity (Wildman–Crippen MR) is 94.1 cm³/mol. The molecule has 0 aromatic carbocycles. The van der Waals surface area contributed by atoms with E-state index in [0.29, 0.717) is 5.91 Å². The van der Waals surface area contributed by atoms with Crippen LogP contribution in [0.2, 0.25) is 0 Å². The molecule has 0 aliphatic carbocycles. The van der Waals surface area contributed by atoms with Crippen LogP contribution >= 0.6 is 24.8 Å². The van der Waals surface area contributed by atoms with Crippen LogP contribution in [0.3, 0.4) is 0 Å². The molecule has 5 nitrogen and oxygen atoms in total. The zero-order valence-corrected chi connectivity index (χ0v) is 15.4. The summed E-state index contributed by atoms with van der Waals surface area (Å²) in [6.45, 7) is 9.61. The molecule has 0 spiro atoms. The van der Waals surface area contributed by atoms with E-state index in [0.717, 1.165) is 51.9 Å². The van der Waals surface area contributed by atoms with Gasteiger partial charge in [0.25, 0.3) is 0 Å². The fraction of sp³-hybridized carbons (Fsp3) is 0.933. The van der Waals surface area contributed by atoms with E-state index in [1.165, 1.54) is 19.4 Å². The molecule has 0 saturated carbocycles. The van der Waals surface area contributed by atoms with Gasteiger partial charge in [0, 0.05) is 58.4 Å². The first-order chi connectivity index (χ1) is 9.70. The van der Waals surface area contributed by atoms with Crippen molar-refractivity contribution in [3.05, 3.63) is 0 Å². The van der Waals surface area contributed by atoms with Gasteiger partial charge in [-0.15, -0.1) is 24.8 Å². The van der Waals surface area contributed by atoms with Gasteiger partial charge >= 0.3 is 0 Å². The molecule has 0 radical (unpaired) electrons. The van der Waals surface area contributed by atoms with Crippen LogP contribution in [0.4, 0.5) is 0 Å². The normalized spacial score (nSPS) is 21.6. The largest absolute Gasteiger partial charge is 0.381 e. The molecular formula is C15H31Cl2N3O2. The van der Waals surface area contributed by atoms with Gasteiger partial charge in [0.05, 0.1) is 0 Å². The third kappa shape index (κ3) is 6.59. The molecule has 0 bridgehead atoms. The Labute approximate surface area is 146 Å². The van der Waals surface area contributed by atoms with Crippen LogP contribution in [0, 0.1) is 11.8 Å². The molecule has 1 atom stereocenters. The highest BCUT2D eigenvalue weighted by Crippen LogP contribution is 2.17. The van der Waals surface area contributed by atoms with Crippen molar-refractivity contribution >= 4 is 30.7 Å². The number of carbonyl (C=O) groups excluding carboxylic acids is 1. The van der Waals surface area contributed by atoms with Gasteiger partial charge < -0.3 is 15.0 Å². The van der Waals surface area contributed by atoms with Crippen molar-refractivity contribution in [1.82, 2.24) is 15.1 Å². The van der Waals surface area contributed by atoms with Crippen LogP contribution < -0.4 is 5.32 Å². The van der Waals surface area contributed by atoms with E-state index in [1.807, 2.05) is 18.9 Å². The Kier molecular flexibility index (Phi) is 11.4. The smallest absolute Gasteiger partial charge is 0.226 e. The summed E-state index contributed by atoms with van der Waals surface area (Å²) >= 11 is 0. The highest BCUT2D eigenvalue weighted by molar-refractivity contribution is 5.85. The van der Waals surface area contributed by atoms with Crippen LogP contribution in [0.5, 0.6) is 0 Å². The van der Waals surface area contributed by atoms with Crippen molar-refractivity contribution in [2.24, 2.45) is 11.8 Å². The lowest BCUT2D eigenvalue weighted by Crippen LogP contribution is -2.51. The fourth-order valence-corrected chi connectivity index (χ4v) is 3.15. The van der Waals surface area contributed by atoms with Gasteiger partial charge in [-0.25, -0.2) is 0 Å². The molecule has 22 heavy (non-hydrogen) atoms. The van der Waals surface area contributed by atoms with Crippen LogP contribution in [0.25, 0.3) is 0 Å². The molecule has 2 aliphatic rings. The Morgan fingerprint density at radius 3 is 2.32 bits per heavy atom. The van der Waals surface area contributed by atoms with Crippen molar-refractivity contribution in [3.8, 4) is 0 Å². The lowest BCUT2D eigenvalue weighted by atomic mass is 9.99. The summed E-state index contributed by atoms with van der Waals surface area (Å²) in [5.41, 5.74) is 0. The molecule has 2 saturated heterocycles. The Balaban J connectivity index is 0.00000220. The second-order valence-corrected chi connectivity index (χ2v) is 6.14. The van der Waals surface area contributed by atoms with Crippen molar-refractivity contribution in [2.75, 3.05) is 59.5 Å². The predicted octanol–water partition coefficient (Wildman–Crippen LogP) is 1.26. The Morgan fingerprint density at radius 2 is 1.77 bits per heavy atom. The average molecular weight is 356 g/mol. The molecule has 1 N–H and O–H groups in total. The summed E-state index contributed by atoms with van der Waals surface area (Å²) in [7, 11) is 1.90. The van der Waals surface area contributed by atoms with Gasteiger partial charge in [-0.05, 0) is 25.8 Å². The van der Waals surface area contributed by atoms with Crippen LogP contribution in [0.1, 0.15) is 19.8 Å². The number of hydrogen-bond donors (Lipinski definition) is 1. The Morgan fingerprint density at radius 1 is 1.18 bits per heavy atom. The fourth-order valence-electron chi connectivity index (χ4n) is 3.15. The van der Waals surface area contributed by atoms with E-state index < -0.39 is 0 Å². The molecule has 1 amide bonds. The molecule has 2 rings (SSSR count). The maximum atomic E-state index is 12.2. The summed E-state index contributed by atoms with van der Waals surface area (Å²) < 4.78 is 5.41. The average Bonchev–Trinajstić information content (AvgIpc) is 2.48. The molecule has 2 fully saturated rings. The lowest BCUT2D eigenvalue weighted by molar-refractivity contribution is -0.136. The van der Waals surface area contributed by atoms with Crippen molar-refractivity contribution in [1.29, 1.82) is 0 Å². The Bertz CT molecular complexity index is 307. The van der Waals surface area contributed by atoms with Crippen molar-refractivity contribution < 1.29 is 9.53 Å². The summed E-state index contributed by atoms with van der Waals surface area (Å²) in [6.07, 6.45) is 2.39. The number of rotatable bonds is 5. The Hall–Kier alpha value is -0.0700. The minimum Gasteiger partial charge on any atom is -0.381 e. The molecule has 1 unspecified atom stereocenters. The lowest BCUT2D eigenvalue weighted by Gasteiger charge is -2.38. The van der Waals surface area contributed by atoms with E-state index in [9.17, 15) is 4.79 Å². The molecule has 0 aromatic rings. The standard InChI is InChI=1S/C15H29N3O2.2ClH/c1-13(11-16-2)15(19)18-7-5-17(6-8-18)12-14-3-9-20-10-4-14;;/h13-14,16H,3-12H2,1-2H3;2*1H. The quantitative estimate of drug-likeness (QED) is 0.806. The van der Waals surface area contributed by atoms with Crippen molar-refractivity contribution in [2.45, 2.75) is 19.8 Å². The number of halogens is 2. The summed E-state index contributed by atoms with van der Waals surface area (Å²) in [5, 5.41) is 3.08. The number of nitrogens with zero attached hydrogens (tertiary/aromatic N) is 2. The van der Waals surface area contributed by atoms with Crippen LogP contribution in [-0.4, -0.2) is 75.2 Å². The molecule has 7 heteroatoms. The third-order valence-corrected chi connectivity index (χ3v) is 4.47. The summed E-state index contributed by atoms with van der Waals surface area (Å²) in [4.78, 5) is 16.8. The highest BCUT2D eigenvalue weighted by Gasteiger charge is 2.26. The number of piperazine rings is 1. The topological polar surface area (TPSA) is 44.8 Å². The van der Waals surface area contributed by atoms with E-state index >= 15 is 0 Å². The van der Waals surface area contributed by atoms with Crippen LogP contribution in [0.15, 0.2) is 0 Å². The van der Waals surface area contributed by atoms with E-state index in [1.54, 1.807) is 0 Å². The van der Waals surface area contributed by atoms with Gasteiger partial charge in [-0.3, -0.25) is 9.69 Å². The van der Waals surface area contributed by atoms with Gasteiger partial charge in [-0.1, -0.05) is 6.92 Å². The van der Waals surface area contributed by atoms with Gasteiger partial charge in [-0.2, -0.15) is 0 Å². The second-order valence-electron chi connectivity index (χ2n) is 6.14. The first-order valence-electron chi connectivity index (χ1n) is 7.94. The minimum absolute atomic E-state index is 0. The van der Waals surface area contributed by atoms with E-state index in [2.05, 4.69) is 10.2 Å². The monoisotopic (exact) mass is 355 g/mol. The van der Waals surface area contributed by atoms with Crippen LogP contribution in [-0.2, 0) is 9.53 Å². The number of carbonyl (C=O) groups is 1. The second kappa shape index (κ2) is 11.5. The minimum atomic E-state index is 0. The van der Waals surface area contributed by atoms with Gasteiger partial charge in [0.2, 0.25) is 5.91 Å². The van der Waals surface area contributed by atoms with Gasteiger partial charge in [0.15, 0.2) is 0 Å². The van der Waals surface area contributed by atoms with Crippen molar-refractivity contribution in [3.63, 3.8) is 0 Å². The zero-order valence-electron chi connectivity index (χ0n) is 13.8. The highest BCUT2D eigenvalue weighted by atomic mass is 35.5. The number of nitrogens with one attached hydrogen (secondary N) is 1.